The highest BCUT2D eigenvalue weighted by atomic mass is 32.1. The summed E-state index contributed by atoms with van der Waals surface area (Å²) in [5, 5.41) is 1.90. The Balaban J connectivity index is 1.53. The molecular weight excluding hydrogens is 352 g/mol. The highest BCUT2D eigenvalue weighted by Crippen LogP contribution is 2.25. The second-order valence-electron chi connectivity index (χ2n) is 5.94. The molecule has 0 atom stereocenters. The lowest BCUT2D eigenvalue weighted by Gasteiger charge is -2.22. The number of hydrogen-bond acceptors (Lipinski definition) is 5. The molecule has 26 heavy (non-hydrogen) atoms. The molecule has 0 saturated carbocycles. The molecule has 6 nitrogen and oxygen atoms in total. The standard InChI is InChI=1S/C19H22N2O4S/c1-24-15-6-2-3-7-16(15)25-14-18(22)20-9-5-10-21(12-11-20)19(23)17-8-4-13-26-17/h2-4,6-8,13H,5,9-12,14H2,1H3. The largest absolute Gasteiger partial charge is 0.493 e. The maximum Gasteiger partial charge on any atom is 0.263 e. The summed E-state index contributed by atoms with van der Waals surface area (Å²) in [4.78, 5) is 29.3. The third kappa shape index (κ3) is 4.35. The third-order valence-corrected chi connectivity index (χ3v) is 5.15. The van der Waals surface area contributed by atoms with Gasteiger partial charge in [-0.1, -0.05) is 18.2 Å². The maximum absolute atomic E-state index is 12.5. The monoisotopic (exact) mass is 374 g/mol. The van der Waals surface area contributed by atoms with Gasteiger partial charge in [0.1, 0.15) is 0 Å². The molecule has 0 spiro atoms. The van der Waals surface area contributed by atoms with E-state index < -0.39 is 0 Å². The van der Waals surface area contributed by atoms with Gasteiger partial charge < -0.3 is 19.3 Å². The minimum absolute atomic E-state index is 0.0413. The Labute approximate surface area is 156 Å². The van der Waals surface area contributed by atoms with Crippen molar-refractivity contribution in [2.75, 3.05) is 39.9 Å². The predicted molar refractivity (Wildman–Crippen MR) is 99.9 cm³/mol. The zero-order valence-electron chi connectivity index (χ0n) is 14.7. The zero-order chi connectivity index (χ0) is 18.4. The second kappa shape index (κ2) is 8.71. The van der Waals surface area contributed by atoms with E-state index in [1.807, 2.05) is 34.5 Å². The van der Waals surface area contributed by atoms with Crippen LogP contribution in [0.15, 0.2) is 41.8 Å². The van der Waals surface area contributed by atoms with Crippen LogP contribution in [0.1, 0.15) is 16.1 Å². The van der Waals surface area contributed by atoms with E-state index in [2.05, 4.69) is 0 Å². The second-order valence-corrected chi connectivity index (χ2v) is 6.89. The van der Waals surface area contributed by atoms with Crippen molar-refractivity contribution in [2.45, 2.75) is 6.42 Å². The Hall–Kier alpha value is -2.54. The number of carbonyl (C=O) groups excluding carboxylic acids is 2. The van der Waals surface area contributed by atoms with Crippen molar-refractivity contribution in [1.29, 1.82) is 0 Å². The van der Waals surface area contributed by atoms with Crippen LogP contribution in [0.25, 0.3) is 0 Å². The summed E-state index contributed by atoms with van der Waals surface area (Å²) in [5.41, 5.74) is 0. The normalized spacial score (nSPS) is 14.7. The SMILES string of the molecule is COc1ccccc1OCC(=O)N1CCCN(C(=O)c2cccs2)CC1. The lowest BCUT2D eigenvalue weighted by atomic mass is 10.3. The minimum Gasteiger partial charge on any atom is -0.493 e. The molecule has 7 heteroatoms. The topological polar surface area (TPSA) is 59.1 Å². The molecule has 0 aliphatic carbocycles. The molecular formula is C19H22N2O4S. The Morgan fingerprint density at radius 2 is 1.73 bits per heavy atom. The molecule has 1 aliphatic rings. The van der Waals surface area contributed by atoms with Gasteiger partial charge in [-0.15, -0.1) is 11.3 Å². The molecule has 0 bridgehead atoms. The van der Waals surface area contributed by atoms with E-state index in [-0.39, 0.29) is 18.4 Å². The van der Waals surface area contributed by atoms with E-state index in [1.54, 1.807) is 24.1 Å². The van der Waals surface area contributed by atoms with Crippen molar-refractivity contribution >= 4 is 23.2 Å². The molecule has 1 aromatic heterocycles. The van der Waals surface area contributed by atoms with Gasteiger partial charge in [-0.3, -0.25) is 9.59 Å². The summed E-state index contributed by atoms with van der Waals surface area (Å²) in [7, 11) is 1.57. The molecule has 0 unspecified atom stereocenters. The van der Waals surface area contributed by atoms with Crippen LogP contribution in [-0.4, -0.2) is 61.5 Å². The van der Waals surface area contributed by atoms with Crippen molar-refractivity contribution in [3.63, 3.8) is 0 Å². The Morgan fingerprint density at radius 3 is 2.46 bits per heavy atom. The van der Waals surface area contributed by atoms with E-state index in [9.17, 15) is 9.59 Å². The predicted octanol–water partition coefficient (Wildman–Crippen LogP) is 2.51. The van der Waals surface area contributed by atoms with E-state index in [0.29, 0.717) is 37.7 Å². The summed E-state index contributed by atoms with van der Waals surface area (Å²) >= 11 is 1.44. The van der Waals surface area contributed by atoms with Crippen LogP contribution in [0.5, 0.6) is 11.5 Å². The van der Waals surface area contributed by atoms with Gasteiger partial charge in [0.25, 0.3) is 11.8 Å². The van der Waals surface area contributed by atoms with Gasteiger partial charge in [-0.05, 0) is 30.0 Å². The maximum atomic E-state index is 12.5. The number of amides is 2. The molecule has 2 aromatic rings. The van der Waals surface area contributed by atoms with Gasteiger partial charge in [0, 0.05) is 26.2 Å². The van der Waals surface area contributed by atoms with E-state index in [0.717, 1.165) is 11.3 Å². The summed E-state index contributed by atoms with van der Waals surface area (Å²) in [6.45, 7) is 2.30. The lowest BCUT2D eigenvalue weighted by Crippen LogP contribution is -2.39. The number of para-hydroxylation sites is 2. The number of benzene rings is 1. The van der Waals surface area contributed by atoms with Crippen molar-refractivity contribution in [1.82, 2.24) is 9.80 Å². The number of thiophene rings is 1. The summed E-state index contributed by atoms with van der Waals surface area (Å²) in [5.74, 6) is 1.11. The molecule has 1 aliphatic heterocycles. The van der Waals surface area contributed by atoms with Crippen LogP contribution >= 0.6 is 11.3 Å². The van der Waals surface area contributed by atoms with Crippen molar-refractivity contribution in [3.05, 3.63) is 46.7 Å². The number of carbonyl (C=O) groups is 2. The van der Waals surface area contributed by atoms with Gasteiger partial charge in [-0.25, -0.2) is 0 Å². The molecule has 0 radical (unpaired) electrons. The highest BCUT2D eigenvalue weighted by molar-refractivity contribution is 7.12. The van der Waals surface area contributed by atoms with Crippen LogP contribution in [0, 0.1) is 0 Å². The van der Waals surface area contributed by atoms with Crippen LogP contribution in [-0.2, 0) is 4.79 Å². The average Bonchev–Trinajstić information content (AvgIpc) is 3.10. The third-order valence-electron chi connectivity index (χ3n) is 4.29. The summed E-state index contributed by atoms with van der Waals surface area (Å²) in [6, 6.07) is 11.0. The first-order valence-corrected chi connectivity index (χ1v) is 9.43. The quantitative estimate of drug-likeness (QED) is 0.807. The first-order chi connectivity index (χ1) is 12.7. The average molecular weight is 374 g/mol. The van der Waals surface area contributed by atoms with Gasteiger partial charge in [-0.2, -0.15) is 0 Å². The first-order valence-electron chi connectivity index (χ1n) is 8.55. The number of nitrogens with zero attached hydrogens (tertiary/aromatic N) is 2. The fourth-order valence-electron chi connectivity index (χ4n) is 2.89. The zero-order valence-corrected chi connectivity index (χ0v) is 15.5. The molecule has 3 rings (SSSR count). The van der Waals surface area contributed by atoms with Crippen LogP contribution < -0.4 is 9.47 Å². The molecule has 1 saturated heterocycles. The molecule has 1 aromatic carbocycles. The van der Waals surface area contributed by atoms with Gasteiger partial charge in [0.15, 0.2) is 18.1 Å². The van der Waals surface area contributed by atoms with Crippen molar-refractivity contribution in [2.24, 2.45) is 0 Å². The molecule has 1 fully saturated rings. The smallest absolute Gasteiger partial charge is 0.263 e. The Bertz CT molecular complexity index is 748. The molecule has 138 valence electrons. The van der Waals surface area contributed by atoms with E-state index in [4.69, 9.17) is 9.47 Å². The molecule has 0 N–H and O–H groups in total. The van der Waals surface area contributed by atoms with Gasteiger partial charge >= 0.3 is 0 Å². The van der Waals surface area contributed by atoms with Crippen molar-refractivity contribution < 1.29 is 19.1 Å². The minimum atomic E-state index is -0.0821. The van der Waals surface area contributed by atoms with Crippen molar-refractivity contribution in [3.8, 4) is 11.5 Å². The fraction of sp³-hybridized carbons (Fsp3) is 0.368. The van der Waals surface area contributed by atoms with E-state index in [1.165, 1.54) is 11.3 Å². The Kier molecular flexibility index (Phi) is 6.12. The lowest BCUT2D eigenvalue weighted by molar-refractivity contribution is -0.133. The number of ether oxygens (including phenoxy) is 2. The van der Waals surface area contributed by atoms with Crippen LogP contribution in [0.4, 0.5) is 0 Å². The van der Waals surface area contributed by atoms with Crippen LogP contribution in [0.3, 0.4) is 0 Å². The summed E-state index contributed by atoms with van der Waals surface area (Å²) in [6.07, 6.45) is 0.761. The summed E-state index contributed by atoms with van der Waals surface area (Å²) < 4.78 is 10.8. The van der Waals surface area contributed by atoms with Crippen LogP contribution in [0.2, 0.25) is 0 Å². The number of hydrogen-bond donors (Lipinski definition) is 0. The number of rotatable bonds is 5. The van der Waals surface area contributed by atoms with E-state index >= 15 is 0 Å². The Morgan fingerprint density at radius 1 is 1.00 bits per heavy atom. The highest BCUT2D eigenvalue weighted by Gasteiger charge is 2.23. The fourth-order valence-corrected chi connectivity index (χ4v) is 3.59. The first kappa shape index (κ1) is 18.3. The molecule has 2 heterocycles. The number of methoxy groups -OCH3 is 1. The van der Waals surface area contributed by atoms with Gasteiger partial charge in [0.05, 0.1) is 12.0 Å². The van der Waals surface area contributed by atoms with Gasteiger partial charge in [0.2, 0.25) is 0 Å². The molecule has 2 amide bonds.